The van der Waals surface area contributed by atoms with Crippen molar-refractivity contribution in [2.75, 3.05) is 19.1 Å². The van der Waals surface area contributed by atoms with Crippen molar-refractivity contribution < 1.29 is 9.47 Å². The molecule has 0 saturated carbocycles. The highest BCUT2D eigenvalue weighted by Crippen LogP contribution is 2.15. The van der Waals surface area contributed by atoms with Gasteiger partial charge in [0.1, 0.15) is 11.5 Å². The number of methoxy groups -OCH3 is 1. The molecule has 0 saturated heterocycles. The Hall–Kier alpha value is -3.27. The van der Waals surface area contributed by atoms with Crippen LogP contribution >= 0.6 is 0 Å². The van der Waals surface area contributed by atoms with Gasteiger partial charge in [0.2, 0.25) is 0 Å². The largest absolute Gasteiger partial charge is 0.497 e. The van der Waals surface area contributed by atoms with Crippen LogP contribution in [0.4, 0.5) is 5.69 Å². The molecule has 0 unspecified atom stereocenters. The molecule has 138 valence electrons. The molecule has 0 fully saturated rings. The second-order valence-electron chi connectivity index (χ2n) is 6.11. The lowest BCUT2D eigenvalue weighted by atomic mass is 10.1. The maximum atomic E-state index is 5.81. The number of hydrazone groups is 1. The minimum Gasteiger partial charge on any atom is -0.497 e. The van der Waals surface area contributed by atoms with Crippen LogP contribution in [0.1, 0.15) is 17.5 Å². The molecule has 0 aromatic heterocycles. The van der Waals surface area contributed by atoms with Crippen molar-refractivity contribution in [1.29, 1.82) is 0 Å². The Morgan fingerprint density at radius 1 is 0.852 bits per heavy atom. The second-order valence-corrected chi connectivity index (χ2v) is 6.11. The van der Waals surface area contributed by atoms with Gasteiger partial charge < -0.3 is 9.47 Å². The summed E-state index contributed by atoms with van der Waals surface area (Å²) in [4.78, 5) is 0. The summed E-state index contributed by atoms with van der Waals surface area (Å²) in [6.07, 6.45) is 3.81. The fraction of sp³-hybridized carbons (Fsp3) is 0.174. The van der Waals surface area contributed by atoms with Crippen LogP contribution in [-0.4, -0.2) is 19.9 Å². The van der Waals surface area contributed by atoms with Gasteiger partial charge in [-0.2, -0.15) is 5.10 Å². The first kappa shape index (κ1) is 18.5. The summed E-state index contributed by atoms with van der Waals surface area (Å²) in [7, 11) is 1.65. The molecule has 1 N–H and O–H groups in total. The number of hydrogen-bond acceptors (Lipinski definition) is 4. The third kappa shape index (κ3) is 6.19. The van der Waals surface area contributed by atoms with E-state index < -0.39 is 0 Å². The molecule has 0 aliphatic rings. The number of rotatable bonds is 9. The highest BCUT2D eigenvalue weighted by atomic mass is 16.5. The molecule has 4 nitrogen and oxygen atoms in total. The molecule has 27 heavy (non-hydrogen) atoms. The van der Waals surface area contributed by atoms with Crippen molar-refractivity contribution in [3.63, 3.8) is 0 Å². The van der Waals surface area contributed by atoms with E-state index in [1.807, 2.05) is 54.6 Å². The smallest absolute Gasteiger partial charge is 0.119 e. The van der Waals surface area contributed by atoms with Crippen molar-refractivity contribution >= 4 is 11.9 Å². The van der Waals surface area contributed by atoms with Gasteiger partial charge in [-0.3, -0.25) is 5.43 Å². The Bertz CT molecular complexity index is 829. The molecular formula is C23H24N2O2. The molecule has 0 bridgehead atoms. The number of benzene rings is 3. The molecular weight excluding hydrogens is 336 g/mol. The number of ether oxygens (including phenoxy) is 2. The monoisotopic (exact) mass is 360 g/mol. The van der Waals surface area contributed by atoms with Gasteiger partial charge in [0.25, 0.3) is 0 Å². The van der Waals surface area contributed by atoms with Crippen molar-refractivity contribution in [2.24, 2.45) is 5.10 Å². The van der Waals surface area contributed by atoms with Crippen LogP contribution < -0.4 is 14.9 Å². The Morgan fingerprint density at radius 3 is 2.26 bits per heavy atom. The van der Waals surface area contributed by atoms with E-state index in [-0.39, 0.29) is 0 Å². The second kappa shape index (κ2) is 10.0. The van der Waals surface area contributed by atoms with E-state index in [0.717, 1.165) is 35.6 Å². The SMILES string of the molecule is COc1ccc(N/N=C/c2ccc(OCCCc3ccccc3)cc2)cc1. The molecule has 3 aromatic rings. The van der Waals surface area contributed by atoms with Gasteiger partial charge in [-0.15, -0.1) is 0 Å². The van der Waals surface area contributed by atoms with Gasteiger partial charge >= 0.3 is 0 Å². The number of hydrogen-bond donors (Lipinski definition) is 1. The average molecular weight is 360 g/mol. The Morgan fingerprint density at radius 2 is 1.56 bits per heavy atom. The zero-order chi connectivity index (χ0) is 18.7. The highest BCUT2D eigenvalue weighted by Gasteiger charge is 1.96. The van der Waals surface area contributed by atoms with Gasteiger partial charge in [-0.05, 0) is 72.5 Å². The fourth-order valence-corrected chi connectivity index (χ4v) is 2.61. The summed E-state index contributed by atoms with van der Waals surface area (Å²) >= 11 is 0. The zero-order valence-electron chi connectivity index (χ0n) is 15.5. The van der Waals surface area contributed by atoms with Crippen molar-refractivity contribution in [3.8, 4) is 11.5 Å². The molecule has 3 aromatic carbocycles. The zero-order valence-corrected chi connectivity index (χ0v) is 15.5. The normalized spacial score (nSPS) is 10.7. The highest BCUT2D eigenvalue weighted by molar-refractivity contribution is 5.80. The molecule has 0 radical (unpaired) electrons. The Balaban J connectivity index is 1.41. The summed E-state index contributed by atoms with van der Waals surface area (Å²) in [5, 5.41) is 4.25. The van der Waals surface area contributed by atoms with Gasteiger partial charge in [0.15, 0.2) is 0 Å². The lowest BCUT2D eigenvalue weighted by Gasteiger charge is -2.06. The maximum absolute atomic E-state index is 5.81. The van der Waals surface area contributed by atoms with E-state index in [0.29, 0.717) is 6.61 Å². The number of nitrogens with zero attached hydrogens (tertiary/aromatic N) is 1. The van der Waals surface area contributed by atoms with Gasteiger partial charge in [-0.1, -0.05) is 30.3 Å². The molecule has 0 aliphatic heterocycles. The molecule has 4 heteroatoms. The molecule has 0 atom stereocenters. The van der Waals surface area contributed by atoms with Gasteiger partial charge in [0.05, 0.1) is 25.6 Å². The van der Waals surface area contributed by atoms with E-state index in [2.05, 4.69) is 34.8 Å². The van der Waals surface area contributed by atoms with Crippen molar-refractivity contribution in [2.45, 2.75) is 12.8 Å². The molecule has 0 heterocycles. The first-order chi connectivity index (χ1) is 13.3. The number of anilines is 1. The average Bonchev–Trinajstić information content (AvgIpc) is 2.73. The van der Waals surface area contributed by atoms with Crippen LogP contribution in [0.3, 0.4) is 0 Å². The first-order valence-electron chi connectivity index (χ1n) is 9.03. The maximum Gasteiger partial charge on any atom is 0.119 e. The van der Waals surface area contributed by atoms with Crippen LogP contribution in [0, 0.1) is 0 Å². The van der Waals surface area contributed by atoms with Gasteiger partial charge in [0, 0.05) is 0 Å². The quantitative estimate of drug-likeness (QED) is 0.326. The standard InChI is InChI=1S/C23H24N2O2/c1-26-22-15-11-21(12-16-22)25-24-18-20-9-13-23(14-10-20)27-17-5-8-19-6-3-2-4-7-19/h2-4,6-7,9-16,18,25H,5,8,17H2,1H3/b24-18+. The number of aryl methyl sites for hydroxylation is 1. The Labute approximate surface area is 160 Å². The van der Waals surface area contributed by atoms with E-state index in [4.69, 9.17) is 9.47 Å². The molecule has 0 aliphatic carbocycles. The summed E-state index contributed by atoms with van der Waals surface area (Å²) < 4.78 is 10.9. The predicted molar refractivity (Wildman–Crippen MR) is 111 cm³/mol. The van der Waals surface area contributed by atoms with Crippen LogP contribution in [0.5, 0.6) is 11.5 Å². The summed E-state index contributed by atoms with van der Waals surface area (Å²) in [6.45, 7) is 0.710. The van der Waals surface area contributed by atoms with Crippen LogP contribution in [0.25, 0.3) is 0 Å². The van der Waals surface area contributed by atoms with Crippen molar-refractivity contribution in [3.05, 3.63) is 90.0 Å². The van der Waals surface area contributed by atoms with Crippen LogP contribution in [0.2, 0.25) is 0 Å². The van der Waals surface area contributed by atoms with E-state index in [9.17, 15) is 0 Å². The van der Waals surface area contributed by atoms with Crippen molar-refractivity contribution in [1.82, 2.24) is 0 Å². The summed E-state index contributed by atoms with van der Waals surface area (Å²) in [5.41, 5.74) is 6.26. The minimum absolute atomic E-state index is 0.710. The summed E-state index contributed by atoms with van der Waals surface area (Å²) in [5.74, 6) is 1.70. The molecule has 0 amide bonds. The fourth-order valence-electron chi connectivity index (χ4n) is 2.61. The third-order valence-corrected chi connectivity index (χ3v) is 4.10. The van der Waals surface area contributed by atoms with Crippen LogP contribution in [0.15, 0.2) is 84.0 Å². The van der Waals surface area contributed by atoms with E-state index >= 15 is 0 Å². The molecule has 0 spiro atoms. The third-order valence-electron chi connectivity index (χ3n) is 4.10. The summed E-state index contributed by atoms with van der Waals surface area (Å²) in [6, 6.07) is 26.0. The lowest BCUT2D eigenvalue weighted by molar-refractivity contribution is 0.311. The topological polar surface area (TPSA) is 42.8 Å². The first-order valence-corrected chi connectivity index (χ1v) is 9.03. The minimum atomic E-state index is 0.710. The molecule has 3 rings (SSSR count). The van der Waals surface area contributed by atoms with Crippen LogP contribution in [-0.2, 0) is 6.42 Å². The predicted octanol–water partition coefficient (Wildman–Crippen LogP) is 5.15. The Kier molecular flexibility index (Phi) is 6.87. The van der Waals surface area contributed by atoms with E-state index in [1.165, 1.54) is 5.56 Å². The lowest BCUT2D eigenvalue weighted by Crippen LogP contribution is -1.99. The van der Waals surface area contributed by atoms with E-state index in [1.54, 1.807) is 13.3 Å². The number of nitrogens with one attached hydrogen (secondary N) is 1. The van der Waals surface area contributed by atoms with Gasteiger partial charge in [-0.25, -0.2) is 0 Å².